The first-order chi connectivity index (χ1) is 13.9. The molecule has 29 heavy (non-hydrogen) atoms. The number of hydrogen-bond donors (Lipinski definition) is 1. The molecule has 1 unspecified atom stereocenters. The minimum atomic E-state index is -1.01. The Hall–Kier alpha value is -3.12. The van der Waals surface area contributed by atoms with Gasteiger partial charge in [0.25, 0.3) is 5.91 Å². The molecular formula is C22H21ClN2O4. The third kappa shape index (κ3) is 4.84. The summed E-state index contributed by atoms with van der Waals surface area (Å²) in [6, 6.07) is 14.0. The Morgan fingerprint density at radius 2 is 1.93 bits per heavy atom. The van der Waals surface area contributed by atoms with Crippen LogP contribution in [0.25, 0.3) is 10.9 Å². The zero-order valence-electron chi connectivity index (χ0n) is 16.4. The number of ether oxygens (including phenoxy) is 2. The first-order valence-corrected chi connectivity index (χ1v) is 9.57. The molecular weight excluding hydrogens is 392 g/mol. The summed E-state index contributed by atoms with van der Waals surface area (Å²) in [6.07, 6.45) is -1.01. The molecule has 6 nitrogen and oxygen atoms in total. The molecule has 0 aliphatic carbocycles. The maximum absolute atomic E-state index is 12.6. The number of carbonyl (C=O) groups excluding carboxylic acids is 2. The Bertz CT molecular complexity index is 1070. The summed E-state index contributed by atoms with van der Waals surface area (Å²) in [4.78, 5) is 29.5. The summed E-state index contributed by atoms with van der Waals surface area (Å²) in [5.41, 5.74) is 2.04. The molecule has 0 aliphatic rings. The Labute approximate surface area is 173 Å². The number of pyridine rings is 1. The van der Waals surface area contributed by atoms with Crippen LogP contribution in [-0.2, 0) is 9.53 Å². The second-order valence-electron chi connectivity index (χ2n) is 6.42. The fourth-order valence-corrected chi connectivity index (χ4v) is 2.99. The summed E-state index contributed by atoms with van der Waals surface area (Å²) in [7, 11) is 0. The molecule has 1 heterocycles. The number of rotatable bonds is 6. The second-order valence-corrected chi connectivity index (χ2v) is 6.86. The van der Waals surface area contributed by atoms with Gasteiger partial charge in [-0.05, 0) is 57.2 Å². The van der Waals surface area contributed by atoms with Gasteiger partial charge in [0, 0.05) is 10.4 Å². The largest absolute Gasteiger partial charge is 0.492 e. The topological polar surface area (TPSA) is 77.5 Å². The van der Waals surface area contributed by atoms with Crippen molar-refractivity contribution in [1.29, 1.82) is 0 Å². The van der Waals surface area contributed by atoms with E-state index in [0.29, 0.717) is 28.8 Å². The first kappa shape index (κ1) is 20.6. The van der Waals surface area contributed by atoms with Crippen LogP contribution < -0.4 is 10.1 Å². The van der Waals surface area contributed by atoms with Gasteiger partial charge >= 0.3 is 5.97 Å². The zero-order valence-corrected chi connectivity index (χ0v) is 17.1. The average molecular weight is 413 g/mol. The van der Waals surface area contributed by atoms with Gasteiger partial charge in [0.1, 0.15) is 5.75 Å². The zero-order chi connectivity index (χ0) is 21.0. The maximum atomic E-state index is 12.6. The number of aromatic nitrogens is 1. The third-order valence-electron chi connectivity index (χ3n) is 4.29. The van der Waals surface area contributed by atoms with Crippen LogP contribution in [0.4, 0.5) is 5.69 Å². The van der Waals surface area contributed by atoms with E-state index in [1.807, 2.05) is 13.0 Å². The molecule has 2 aromatic carbocycles. The van der Waals surface area contributed by atoms with Gasteiger partial charge < -0.3 is 14.8 Å². The van der Waals surface area contributed by atoms with E-state index in [1.54, 1.807) is 49.4 Å². The van der Waals surface area contributed by atoms with E-state index in [1.165, 1.54) is 6.92 Å². The molecule has 0 radical (unpaired) electrons. The molecule has 0 saturated carbocycles. The van der Waals surface area contributed by atoms with Gasteiger partial charge in [-0.3, -0.25) is 9.78 Å². The number of benzene rings is 2. The van der Waals surface area contributed by atoms with E-state index < -0.39 is 18.0 Å². The number of amides is 1. The second kappa shape index (κ2) is 8.92. The van der Waals surface area contributed by atoms with Crippen molar-refractivity contribution in [2.24, 2.45) is 0 Å². The van der Waals surface area contributed by atoms with E-state index in [9.17, 15) is 9.59 Å². The summed E-state index contributed by atoms with van der Waals surface area (Å²) in [5.74, 6) is -0.536. The van der Waals surface area contributed by atoms with Gasteiger partial charge in [-0.15, -0.1) is 0 Å². The molecule has 1 atom stereocenters. The van der Waals surface area contributed by atoms with Crippen molar-refractivity contribution < 1.29 is 19.1 Å². The Kier molecular flexibility index (Phi) is 6.34. The molecule has 0 bridgehead atoms. The van der Waals surface area contributed by atoms with E-state index in [4.69, 9.17) is 21.1 Å². The van der Waals surface area contributed by atoms with Gasteiger partial charge in [-0.2, -0.15) is 0 Å². The molecule has 7 heteroatoms. The number of carbonyl (C=O) groups is 2. The lowest BCUT2D eigenvalue weighted by molar-refractivity contribution is -0.123. The summed E-state index contributed by atoms with van der Waals surface area (Å²) >= 11 is 6.02. The predicted octanol–water partition coefficient (Wildman–Crippen LogP) is 4.78. The first-order valence-electron chi connectivity index (χ1n) is 9.19. The van der Waals surface area contributed by atoms with Crippen LogP contribution in [0.3, 0.4) is 0 Å². The molecule has 3 aromatic rings. The minimum absolute atomic E-state index is 0.286. The summed E-state index contributed by atoms with van der Waals surface area (Å²) in [6.45, 7) is 5.55. The lowest BCUT2D eigenvalue weighted by atomic mass is 10.1. The molecule has 0 spiro atoms. The lowest BCUT2D eigenvalue weighted by Gasteiger charge is -2.16. The van der Waals surface area contributed by atoms with Crippen LogP contribution in [0, 0.1) is 6.92 Å². The number of esters is 1. The molecule has 3 rings (SSSR count). The summed E-state index contributed by atoms with van der Waals surface area (Å²) in [5, 5.41) is 3.99. The van der Waals surface area contributed by atoms with Crippen LogP contribution in [0.15, 0.2) is 48.5 Å². The highest BCUT2D eigenvalue weighted by atomic mass is 35.5. The van der Waals surface area contributed by atoms with Crippen LogP contribution in [-0.4, -0.2) is 29.6 Å². The quantitative estimate of drug-likeness (QED) is 0.589. The fourth-order valence-electron chi connectivity index (χ4n) is 2.81. The molecule has 0 fully saturated rings. The van der Waals surface area contributed by atoms with Crippen molar-refractivity contribution in [3.8, 4) is 5.75 Å². The molecule has 0 aliphatic heterocycles. The number of anilines is 1. The number of nitrogens with zero attached hydrogens (tertiary/aromatic N) is 1. The predicted molar refractivity (Wildman–Crippen MR) is 113 cm³/mol. The van der Waals surface area contributed by atoms with E-state index in [-0.39, 0.29) is 5.56 Å². The van der Waals surface area contributed by atoms with E-state index >= 15 is 0 Å². The smallest absolute Gasteiger partial charge is 0.340 e. The molecule has 1 N–H and O–H groups in total. The monoisotopic (exact) mass is 412 g/mol. The lowest BCUT2D eigenvalue weighted by Crippen LogP contribution is -2.30. The van der Waals surface area contributed by atoms with Gasteiger partial charge in [0.15, 0.2) is 6.10 Å². The standard InChI is InChI=1S/C22H21ClN2O4/c1-4-28-20-8-6-5-7-19(20)25-21(26)14(3)29-22(27)17-12-15-11-16(23)9-10-18(15)24-13(17)2/h5-12,14H,4H2,1-3H3,(H,25,26). The SMILES string of the molecule is CCOc1ccccc1NC(=O)C(C)OC(=O)c1cc2cc(Cl)ccc2nc1C. The number of aryl methyl sites for hydroxylation is 1. The Balaban J connectivity index is 1.74. The van der Waals surface area contributed by atoms with Crippen LogP contribution in [0.2, 0.25) is 5.02 Å². The van der Waals surface area contributed by atoms with Crippen molar-refractivity contribution in [2.75, 3.05) is 11.9 Å². The van der Waals surface area contributed by atoms with Crippen LogP contribution >= 0.6 is 11.6 Å². The Morgan fingerprint density at radius 1 is 1.17 bits per heavy atom. The van der Waals surface area contributed by atoms with Crippen molar-refractivity contribution in [3.05, 3.63) is 64.8 Å². The number of para-hydroxylation sites is 2. The van der Waals surface area contributed by atoms with Crippen molar-refractivity contribution in [1.82, 2.24) is 4.98 Å². The molecule has 150 valence electrons. The van der Waals surface area contributed by atoms with Crippen LogP contribution in [0.5, 0.6) is 5.75 Å². The molecule has 1 aromatic heterocycles. The summed E-state index contributed by atoms with van der Waals surface area (Å²) < 4.78 is 10.9. The van der Waals surface area contributed by atoms with Crippen molar-refractivity contribution in [2.45, 2.75) is 26.9 Å². The molecule has 0 saturated heterocycles. The highest BCUT2D eigenvalue weighted by Gasteiger charge is 2.22. The molecule has 1 amide bonds. The van der Waals surface area contributed by atoms with E-state index in [2.05, 4.69) is 10.3 Å². The highest BCUT2D eigenvalue weighted by molar-refractivity contribution is 6.31. The fraction of sp³-hybridized carbons (Fsp3) is 0.227. The Morgan fingerprint density at radius 3 is 2.69 bits per heavy atom. The van der Waals surface area contributed by atoms with Gasteiger partial charge in [0.2, 0.25) is 0 Å². The average Bonchev–Trinajstić information content (AvgIpc) is 2.69. The highest BCUT2D eigenvalue weighted by Crippen LogP contribution is 2.24. The number of hydrogen-bond acceptors (Lipinski definition) is 5. The van der Waals surface area contributed by atoms with Gasteiger partial charge in [-0.25, -0.2) is 4.79 Å². The minimum Gasteiger partial charge on any atom is -0.492 e. The normalized spacial score (nSPS) is 11.7. The third-order valence-corrected chi connectivity index (χ3v) is 4.52. The van der Waals surface area contributed by atoms with Crippen molar-refractivity contribution >= 4 is 40.1 Å². The number of nitrogens with one attached hydrogen (secondary N) is 1. The maximum Gasteiger partial charge on any atom is 0.340 e. The van der Waals surface area contributed by atoms with Gasteiger partial charge in [-0.1, -0.05) is 23.7 Å². The van der Waals surface area contributed by atoms with Gasteiger partial charge in [0.05, 0.1) is 29.1 Å². The van der Waals surface area contributed by atoms with E-state index in [0.717, 1.165) is 10.9 Å². The number of halogens is 1. The van der Waals surface area contributed by atoms with Crippen LogP contribution in [0.1, 0.15) is 29.9 Å². The van der Waals surface area contributed by atoms with Crippen molar-refractivity contribution in [3.63, 3.8) is 0 Å². The number of fused-ring (bicyclic) bond motifs is 1.